The predicted molar refractivity (Wildman–Crippen MR) is 250 cm³/mol. The van der Waals surface area contributed by atoms with Crippen LogP contribution in [0.1, 0.15) is 0 Å². The first-order valence-corrected chi connectivity index (χ1v) is 20.4. The summed E-state index contributed by atoms with van der Waals surface area (Å²) in [5.41, 5.74) is 13.1. The number of aromatic nitrogens is 3. The third kappa shape index (κ3) is 4.64. The molecule has 0 atom stereocenters. The van der Waals surface area contributed by atoms with Crippen molar-refractivity contribution in [1.82, 2.24) is 13.7 Å². The summed E-state index contributed by atoms with van der Waals surface area (Å²) >= 11 is 0. The van der Waals surface area contributed by atoms with Crippen LogP contribution in [0, 0.1) is 0 Å². The van der Waals surface area contributed by atoms with E-state index in [4.69, 9.17) is 0 Å². The van der Waals surface area contributed by atoms with E-state index in [1.165, 1.54) is 98.1 Å². The smallest absolute Gasteiger partial charge is 0.0562 e. The van der Waals surface area contributed by atoms with Crippen molar-refractivity contribution < 1.29 is 0 Å². The summed E-state index contributed by atoms with van der Waals surface area (Å²) in [4.78, 5) is 0. The van der Waals surface area contributed by atoms with Gasteiger partial charge in [0, 0.05) is 49.4 Å². The van der Waals surface area contributed by atoms with Gasteiger partial charge in [-0.25, -0.2) is 0 Å². The molecule has 59 heavy (non-hydrogen) atoms. The molecule has 0 aliphatic heterocycles. The van der Waals surface area contributed by atoms with Gasteiger partial charge in [0.2, 0.25) is 0 Å². The molecule has 0 saturated carbocycles. The van der Waals surface area contributed by atoms with E-state index in [0.717, 1.165) is 17.1 Å². The molecule has 0 bridgehead atoms. The lowest BCUT2D eigenvalue weighted by Crippen LogP contribution is -1.97. The third-order valence-electron chi connectivity index (χ3n) is 12.6. The highest BCUT2D eigenvalue weighted by Gasteiger charge is 2.21. The minimum absolute atomic E-state index is 1.14. The maximum absolute atomic E-state index is 2.50. The van der Waals surface area contributed by atoms with Crippen LogP contribution in [0.3, 0.4) is 0 Å². The monoisotopic (exact) mass is 749 g/mol. The lowest BCUT2D eigenvalue weighted by molar-refractivity contribution is 1.16. The normalized spacial score (nSPS) is 12.1. The summed E-state index contributed by atoms with van der Waals surface area (Å²) in [6, 6.07) is 78.0. The topological polar surface area (TPSA) is 14.8 Å². The molecule has 0 aliphatic rings. The quantitative estimate of drug-likeness (QED) is 0.170. The Hall–Kier alpha value is -7.88. The van der Waals surface area contributed by atoms with E-state index in [1.807, 2.05) is 0 Å². The van der Waals surface area contributed by atoms with Gasteiger partial charge in [0.15, 0.2) is 0 Å². The zero-order valence-electron chi connectivity index (χ0n) is 32.0. The summed E-state index contributed by atoms with van der Waals surface area (Å²) in [7, 11) is 0. The Balaban J connectivity index is 1.09. The van der Waals surface area contributed by atoms with E-state index in [9.17, 15) is 0 Å². The largest absolute Gasteiger partial charge is 0.309 e. The first-order chi connectivity index (χ1) is 29.3. The van der Waals surface area contributed by atoms with Gasteiger partial charge in [-0.3, -0.25) is 0 Å². The van der Waals surface area contributed by atoms with Crippen LogP contribution in [0.2, 0.25) is 0 Å². The number of fused-ring (bicyclic) bond motifs is 12. The molecule has 0 aliphatic carbocycles. The molecule has 0 amide bonds. The average molecular weight is 750 g/mol. The number of nitrogens with zero attached hydrogens (tertiary/aromatic N) is 3. The zero-order valence-corrected chi connectivity index (χ0v) is 32.0. The molecule has 0 unspecified atom stereocenters. The Morgan fingerprint density at radius 1 is 0.237 bits per heavy atom. The Morgan fingerprint density at radius 3 is 1.51 bits per heavy atom. The van der Waals surface area contributed by atoms with E-state index >= 15 is 0 Å². The Morgan fingerprint density at radius 2 is 0.746 bits per heavy atom. The van der Waals surface area contributed by atoms with Gasteiger partial charge >= 0.3 is 0 Å². The van der Waals surface area contributed by atoms with Crippen molar-refractivity contribution in [2.24, 2.45) is 0 Å². The molecule has 10 aromatic carbocycles. The minimum Gasteiger partial charge on any atom is -0.309 e. The van der Waals surface area contributed by atoms with Crippen molar-refractivity contribution in [1.29, 1.82) is 0 Å². The molecule has 3 heteroatoms. The highest BCUT2D eigenvalue weighted by atomic mass is 15.0. The fraction of sp³-hybridized carbons (Fsp3) is 0. The highest BCUT2D eigenvalue weighted by Crippen LogP contribution is 2.43. The third-order valence-corrected chi connectivity index (χ3v) is 12.6. The van der Waals surface area contributed by atoms with E-state index in [0.29, 0.717) is 0 Å². The van der Waals surface area contributed by atoms with Gasteiger partial charge in [-0.05, 0) is 105 Å². The fourth-order valence-corrected chi connectivity index (χ4v) is 10.0. The first-order valence-electron chi connectivity index (χ1n) is 20.4. The molecule has 3 nitrogen and oxygen atoms in total. The number of para-hydroxylation sites is 3. The van der Waals surface area contributed by atoms with Gasteiger partial charge in [-0.1, -0.05) is 140 Å². The number of hydrogen-bond donors (Lipinski definition) is 0. The Labute approximate surface area is 339 Å². The standard InChI is InChI=1S/C56H35N3/c1-2-16-39(17-3-1)57-50-23-10-8-20-45(50)47-33-41(30-32-52(47)57)59-53-31-27-37-14-5-7-19-44(37)56(53)49-34-48-46-21-9-11-24-51(46)58(54(48)35-55(49)59)40-28-25-38(26-29-40)43-22-12-15-36-13-4-6-18-42(36)43/h1-35H. The average Bonchev–Trinajstić information content (AvgIpc) is 3.93. The van der Waals surface area contributed by atoms with Crippen molar-refractivity contribution in [2.75, 3.05) is 0 Å². The van der Waals surface area contributed by atoms with Crippen molar-refractivity contribution in [3.8, 4) is 28.2 Å². The van der Waals surface area contributed by atoms with E-state index in [1.54, 1.807) is 0 Å². The predicted octanol–water partition coefficient (Wildman–Crippen LogP) is 15.0. The summed E-state index contributed by atoms with van der Waals surface area (Å²) in [6.45, 7) is 0. The Kier molecular flexibility index (Phi) is 6.72. The second kappa shape index (κ2) is 12.3. The van der Waals surface area contributed by atoms with E-state index in [-0.39, 0.29) is 0 Å². The van der Waals surface area contributed by atoms with Crippen LogP contribution in [-0.4, -0.2) is 13.7 Å². The fourth-order valence-electron chi connectivity index (χ4n) is 10.0. The van der Waals surface area contributed by atoms with Gasteiger partial charge in [0.05, 0.1) is 33.1 Å². The molecule has 0 radical (unpaired) electrons. The maximum Gasteiger partial charge on any atom is 0.0562 e. The van der Waals surface area contributed by atoms with Crippen molar-refractivity contribution in [2.45, 2.75) is 0 Å². The molecule has 3 aromatic heterocycles. The SMILES string of the molecule is c1ccc(-n2c3ccccc3c3cc(-n4c5cc6c(cc5c5c7ccccc7ccc54)c4ccccc4n6-c4ccc(-c5cccc6ccccc56)cc4)ccc32)cc1. The zero-order chi connectivity index (χ0) is 38.6. The van der Waals surface area contributed by atoms with Crippen LogP contribution in [0.25, 0.3) is 115 Å². The summed E-state index contributed by atoms with van der Waals surface area (Å²) in [5, 5.41) is 12.5. The second-order valence-electron chi connectivity index (χ2n) is 15.7. The lowest BCUT2D eigenvalue weighted by Gasteiger charge is -2.12. The van der Waals surface area contributed by atoms with Gasteiger partial charge in [0.1, 0.15) is 0 Å². The van der Waals surface area contributed by atoms with Crippen molar-refractivity contribution >= 4 is 87.0 Å². The second-order valence-corrected chi connectivity index (χ2v) is 15.7. The first kappa shape index (κ1) is 32.2. The number of rotatable bonds is 4. The van der Waals surface area contributed by atoms with E-state index < -0.39 is 0 Å². The van der Waals surface area contributed by atoms with Crippen LogP contribution >= 0.6 is 0 Å². The molecule has 0 N–H and O–H groups in total. The van der Waals surface area contributed by atoms with E-state index in [2.05, 4.69) is 226 Å². The van der Waals surface area contributed by atoms with Crippen LogP contribution < -0.4 is 0 Å². The lowest BCUT2D eigenvalue weighted by atomic mass is 9.98. The highest BCUT2D eigenvalue weighted by molar-refractivity contribution is 6.25. The van der Waals surface area contributed by atoms with Gasteiger partial charge in [0.25, 0.3) is 0 Å². The van der Waals surface area contributed by atoms with Crippen molar-refractivity contribution in [3.63, 3.8) is 0 Å². The van der Waals surface area contributed by atoms with Crippen LogP contribution in [0.15, 0.2) is 212 Å². The molecule has 3 heterocycles. The molecule has 0 fully saturated rings. The molecule has 0 saturated heterocycles. The number of hydrogen-bond acceptors (Lipinski definition) is 0. The van der Waals surface area contributed by atoms with Gasteiger partial charge < -0.3 is 13.7 Å². The molecular formula is C56H35N3. The van der Waals surface area contributed by atoms with Crippen LogP contribution in [-0.2, 0) is 0 Å². The van der Waals surface area contributed by atoms with Gasteiger partial charge in [-0.2, -0.15) is 0 Å². The summed E-state index contributed by atoms with van der Waals surface area (Å²) in [5.74, 6) is 0. The maximum atomic E-state index is 2.50. The summed E-state index contributed by atoms with van der Waals surface area (Å²) in [6.07, 6.45) is 0. The summed E-state index contributed by atoms with van der Waals surface area (Å²) < 4.78 is 7.34. The van der Waals surface area contributed by atoms with Crippen LogP contribution in [0.4, 0.5) is 0 Å². The molecule has 274 valence electrons. The minimum atomic E-state index is 1.14. The molecule has 13 rings (SSSR count). The Bertz CT molecular complexity index is 3820. The van der Waals surface area contributed by atoms with Crippen LogP contribution in [0.5, 0.6) is 0 Å². The molecular weight excluding hydrogens is 715 g/mol. The molecule has 13 aromatic rings. The van der Waals surface area contributed by atoms with Crippen molar-refractivity contribution in [3.05, 3.63) is 212 Å². The number of benzene rings is 10. The molecule has 0 spiro atoms. The van der Waals surface area contributed by atoms with Gasteiger partial charge in [-0.15, -0.1) is 0 Å².